The van der Waals surface area contributed by atoms with Crippen LogP contribution in [0.4, 0.5) is 0 Å². The number of hydrogen-bond donors (Lipinski definition) is 0. The first-order valence-electron chi connectivity index (χ1n) is 9.88. The van der Waals surface area contributed by atoms with E-state index in [0.29, 0.717) is 23.3 Å². The van der Waals surface area contributed by atoms with Crippen molar-refractivity contribution in [3.05, 3.63) is 54.3 Å². The minimum Gasteiger partial charge on any atom is -0.461 e. The highest BCUT2D eigenvalue weighted by molar-refractivity contribution is 8.00. The zero-order valence-electron chi connectivity index (χ0n) is 17.6. The van der Waals surface area contributed by atoms with Gasteiger partial charge in [0.15, 0.2) is 10.9 Å². The molecule has 7 heteroatoms. The molecule has 1 amide bonds. The molecule has 29 heavy (non-hydrogen) atoms. The van der Waals surface area contributed by atoms with E-state index in [-0.39, 0.29) is 23.2 Å². The first kappa shape index (κ1) is 21.2. The maximum Gasteiger partial charge on any atom is 0.236 e. The predicted molar refractivity (Wildman–Crippen MR) is 116 cm³/mol. The molecule has 3 aromatic rings. The van der Waals surface area contributed by atoms with Gasteiger partial charge in [-0.1, -0.05) is 42.1 Å². The molecule has 2 heterocycles. The molecule has 0 saturated heterocycles. The summed E-state index contributed by atoms with van der Waals surface area (Å²) in [4.78, 5) is 15.0. The third-order valence-electron chi connectivity index (χ3n) is 4.64. The van der Waals surface area contributed by atoms with E-state index in [1.165, 1.54) is 11.8 Å². The number of thioether (sulfide) groups is 1. The Morgan fingerprint density at radius 3 is 2.31 bits per heavy atom. The number of carbonyl (C=O) groups is 1. The summed E-state index contributed by atoms with van der Waals surface area (Å²) in [6.07, 6.45) is 1.62. The summed E-state index contributed by atoms with van der Waals surface area (Å²) in [5.41, 5.74) is 1.13. The lowest BCUT2D eigenvalue weighted by atomic mass is 10.2. The maximum atomic E-state index is 13.1. The fourth-order valence-corrected chi connectivity index (χ4v) is 4.30. The molecule has 0 aliphatic rings. The van der Waals surface area contributed by atoms with Gasteiger partial charge in [0.2, 0.25) is 11.7 Å². The van der Waals surface area contributed by atoms with Crippen LogP contribution in [-0.4, -0.2) is 42.9 Å². The van der Waals surface area contributed by atoms with Gasteiger partial charge in [0, 0.05) is 12.1 Å². The first-order chi connectivity index (χ1) is 13.9. The average molecular weight is 413 g/mol. The van der Waals surface area contributed by atoms with E-state index < -0.39 is 0 Å². The molecular formula is C22H28N4O2S. The quantitative estimate of drug-likeness (QED) is 0.501. The molecule has 1 unspecified atom stereocenters. The van der Waals surface area contributed by atoms with Gasteiger partial charge in [-0.15, -0.1) is 10.2 Å². The monoisotopic (exact) mass is 412 g/mol. The molecule has 6 nitrogen and oxygen atoms in total. The molecule has 1 aromatic carbocycles. The number of nitrogens with zero attached hydrogens (tertiary/aromatic N) is 4. The summed E-state index contributed by atoms with van der Waals surface area (Å²) < 4.78 is 7.57. The fourth-order valence-electron chi connectivity index (χ4n) is 3.40. The van der Waals surface area contributed by atoms with Gasteiger partial charge in [-0.3, -0.25) is 9.36 Å². The van der Waals surface area contributed by atoms with E-state index in [2.05, 4.69) is 22.3 Å². The van der Waals surface area contributed by atoms with Crippen LogP contribution in [0.3, 0.4) is 0 Å². The third-order valence-corrected chi connectivity index (χ3v) is 5.71. The molecule has 154 valence electrons. The van der Waals surface area contributed by atoms with E-state index >= 15 is 0 Å². The molecule has 0 fully saturated rings. The molecule has 0 spiro atoms. The number of furan rings is 1. The van der Waals surface area contributed by atoms with Gasteiger partial charge in [0.25, 0.3) is 0 Å². The highest BCUT2D eigenvalue weighted by Gasteiger charge is 2.28. The Kier molecular flexibility index (Phi) is 6.79. The molecule has 0 saturated carbocycles. The van der Waals surface area contributed by atoms with E-state index in [1.54, 1.807) is 6.26 Å². The molecule has 0 N–H and O–H groups in total. The minimum atomic E-state index is -0.275. The predicted octanol–water partition coefficient (Wildman–Crippen LogP) is 4.71. The lowest BCUT2D eigenvalue weighted by Gasteiger charge is -2.32. The second-order valence-electron chi connectivity index (χ2n) is 7.55. The Bertz CT molecular complexity index is 912. The molecule has 0 aliphatic heterocycles. The Labute approximate surface area is 176 Å². The molecule has 3 rings (SSSR count). The second-order valence-corrected chi connectivity index (χ2v) is 8.86. The van der Waals surface area contributed by atoms with Crippen molar-refractivity contribution in [1.82, 2.24) is 19.7 Å². The first-order valence-corrected chi connectivity index (χ1v) is 10.8. The van der Waals surface area contributed by atoms with Crippen molar-refractivity contribution in [2.75, 3.05) is 0 Å². The summed E-state index contributed by atoms with van der Waals surface area (Å²) in [5.74, 6) is 1.42. The number of rotatable bonds is 8. The normalized spacial score (nSPS) is 12.5. The summed E-state index contributed by atoms with van der Waals surface area (Å²) in [6, 6.07) is 14.1. The van der Waals surface area contributed by atoms with Crippen LogP contribution >= 0.6 is 11.8 Å². The van der Waals surface area contributed by atoms with Gasteiger partial charge in [-0.25, -0.2) is 0 Å². The molecule has 1 atom stereocenters. The number of aromatic nitrogens is 3. The molecule has 2 aromatic heterocycles. The van der Waals surface area contributed by atoms with Crippen molar-refractivity contribution in [1.29, 1.82) is 0 Å². The standard InChI is InChI=1S/C22H28N4O2S/c1-15(2)26(16(3)4)21(27)17(5)29-22-24-23-20(19-12-9-13-28-19)25(22)14-18-10-7-6-8-11-18/h6-13,15-17H,14H2,1-5H3. The van der Waals surface area contributed by atoms with Gasteiger partial charge in [0.05, 0.1) is 18.1 Å². The Morgan fingerprint density at radius 1 is 1.03 bits per heavy atom. The number of carbonyl (C=O) groups excluding carboxylic acids is 1. The van der Waals surface area contributed by atoms with Gasteiger partial charge < -0.3 is 9.32 Å². The van der Waals surface area contributed by atoms with Crippen LogP contribution in [0.25, 0.3) is 11.6 Å². The average Bonchev–Trinajstić information content (AvgIpc) is 3.32. The van der Waals surface area contributed by atoms with E-state index in [9.17, 15) is 4.79 Å². The number of amides is 1. The lowest BCUT2D eigenvalue weighted by Crippen LogP contribution is -2.45. The van der Waals surface area contributed by atoms with Crippen molar-refractivity contribution in [2.45, 2.75) is 63.7 Å². The van der Waals surface area contributed by atoms with Crippen molar-refractivity contribution < 1.29 is 9.21 Å². The maximum absolute atomic E-state index is 13.1. The third kappa shape index (κ3) is 4.90. The highest BCUT2D eigenvalue weighted by atomic mass is 32.2. The van der Waals surface area contributed by atoms with Gasteiger partial charge in [-0.05, 0) is 52.3 Å². The molecule has 0 bridgehead atoms. The highest BCUT2D eigenvalue weighted by Crippen LogP contribution is 2.29. The molecular weight excluding hydrogens is 384 g/mol. The SMILES string of the molecule is CC(Sc1nnc(-c2ccco2)n1Cc1ccccc1)C(=O)N(C(C)C)C(C)C. The van der Waals surface area contributed by atoms with Gasteiger partial charge in [0.1, 0.15) is 0 Å². The Balaban J connectivity index is 1.90. The Hall–Kier alpha value is -2.54. The van der Waals surface area contributed by atoms with Crippen molar-refractivity contribution in [2.24, 2.45) is 0 Å². The van der Waals surface area contributed by atoms with Crippen LogP contribution in [0.15, 0.2) is 58.3 Å². The number of benzene rings is 1. The van der Waals surface area contributed by atoms with Gasteiger partial charge in [-0.2, -0.15) is 0 Å². The van der Waals surface area contributed by atoms with Crippen molar-refractivity contribution >= 4 is 17.7 Å². The largest absolute Gasteiger partial charge is 0.461 e. The van der Waals surface area contributed by atoms with E-state index in [0.717, 1.165) is 5.56 Å². The van der Waals surface area contributed by atoms with Gasteiger partial charge >= 0.3 is 0 Å². The summed E-state index contributed by atoms with van der Waals surface area (Å²) in [7, 11) is 0. The van der Waals surface area contributed by atoms with Crippen LogP contribution in [0, 0.1) is 0 Å². The summed E-state index contributed by atoms with van der Waals surface area (Å²) >= 11 is 1.44. The molecule has 0 aliphatic carbocycles. The zero-order valence-corrected chi connectivity index (χ0v) is 18.4. The van der Waals surface area contributed by atoms with E-state index in [4.69, 9.17) is 4.42 Å². The Morgan fingerprint density at radius 2 is 1.72 bits per heavy atom. The summed E-state index contributed by atoms with van der Waals surface area (Å²) in [6.45, 7) is 10.7. The minimum absolute atomic E-state index is 0.105. The van der Waals surface area contributed by atoms with Crippen molar-refractivity contribution in [3.8, 4) is 11.6 Å². The van der Waals surface area contributed by atoms with Crippen LogP contribution in [-0.2, 0) is 11.3 Å². The van der Waals surface area contributed by atoms with Crippen molar-refractivity contribution in [3.63, 3.8) is 0 Å². The topological polar surface area (TPSA) is 64.2 Å². The lowest BCUT2D eigenvalue weighted by molar-refractivity contribution is -0.133. The van der Waals surface area contributed by atoms with Crippen LogP contribution in [0.1, 0.15) is 40.2 Å². The van der Waals surface area contributed by atoms with E-state index in [1.807, 2.05) is 74.4 Å². The van der Waals surface area contributed by atoms with Crippen LogP contribution in [0.5, 0.6) is 0 Å². The number of hydrogen-bond acceptors (Lipinski definition) is 5. The van der Waals surface area contributed by atoms with Crippen LogP contribution < -0.4 is 0 Å². The fraction of sp³-hybridized carbons (Fsp3) is 0.409. The molecule has 0 radical (unpaired) electrons. The smallest absolute Gasteiger partial charge is 0.236 e. The zero-order chi connectivity index (χ0) is 21.0. The summed E-state index contributed by atoms with van der Waals surface area (Å²) in [5, 5.41) is 9.17. The second kappa shape index (κ2) is 9.31. The van der Waals surface area contributed by atoms with Crippen LogP contribution in [0.2, 0.25) is 0 Å².